The van der Waals surface area contributed by atoms with Crippen LogP contribution < -0.4 is 14.4 Å². The van der Waals surface area contributed by atoms with Gasteiger partial charge in [-0.2, -0.15) is 0 Å². The highest BCUT2D eigenvalue weighted by Gasteiger charge is 2.28. The maximum Gasteiger partial charge on any atom is 0.231 e. The van der Waals surface area contributed by atoms with E-state index in [-0.39, 0.29) is 18.5 Å². The monoisotopic (exact) mass is 355 g/mol. The van der Waals surface area contributed by atoms with Gasteiger partial charge >= 0.3 is 0 Å². The van der Waals surface area contributed by atoms with Gasteiger partial charge in [0, 0.05) is 37.7 Å². The molecule has 0 amide bonds. The first-order chi connectivity index (χ1) is 12.7. The second-order valence-corrected chi connectivity index (χ2v) is 6.52. The summed E-state index contributed by atoms with van der Waals surface area (Å²) >= 11 is 0. The van der Waals surface area contributed by atoms with Gasteiger partial charge in [-0.1, -0.05) is 0 Å². The largest absolute Gasteiger partial charge is 0.454 e. The van der Waals surface area contributed by atoms with Crippen LogP contribution in [-0.4, -0.2) is 42.7 Å². The highest BCUT2D eigenvalue weighted by atomic mass is 16.7. The highest BCUT2D eigenvalue weighted by Crippen LogP contribution is 2.34. The minimum absolute atomic E-state index is 0.0649. The molecule has 1 atom stereocenters. The number of carbonyl (C=O) groups excluding carboxylic acids is 1. The molecule has 0 bridgehead atoms. The van der Waals surface area contributed by atoms with Crippen molar-refractivity contribution in [2.24, 2.45) is 5.92 Å². The van der Waals surface area contributed by atoms with E-state index in [1.54, 1.807) is 25.6 Å². The molecule has 0 aliphatic carbocycles. The molecule has 2 aliphatic rings. The molecule has 2 aliphatic heterocycles. The van der Waals surface area contributed by atoms with Crippen LogP contribution >= 0.6 is 0 Å². The van der Waals surface area contributed by atoms with Crippen molar-refractivity contribution in [1.82, 2.24) is 9.97 Å². The molecule has 1 fully saturated rings. The number of benzene rings is 1. The van der Waals surface area contributed by atoms with Crippen molar-refractivity contribution < 1.29 is 19.0 Å². The van der Waals surface area contributed by atoms with E-state index in [9.17, 15) is 4.79 Å². The number of aromatic nitrogens is 2. The first-order valence-electron chi connectivity index (χ1n) is 8.73. The molecule has 26 heavy (non-hydrogen) atoms. The number of ether oxygens (including phenoxy) is 3. The van der Waals surface area contributed by atoms with Crippen LogP contribution in [0.2, 0.25) is 0 Å². The topological polar surface area (TPSA) is 73.8 Å². The van der Waals surface area contributed by atoms with Crippen molar-refractivity contribution in [3.63, 3.8) is 0 Å². The van der Waals surface area contributed by atoms with E-state index in [1.807, 2.05) is 12.1 Å². The zero-order valence-electron chi connectivity index (χ0n) is 14.7. The third-order valence-corrected chi connectivity index (χ3v) is 4.77. The normalized spacial score (nSPS) is 18.8. The van der Waals surface area contributed by atoms with Gasteiger partial charge in [0.1, 0.15) is 12.1 Å². The number of hydrogen-bond acceptors (Lipinski definition) is 7. The predicted octanol–water partition coefficient (Wildman–Crippen LogP) is 2.45. The summed E-state index contributed by atoms with van der Waals surface area (Å²) in [5.74, 6) is 2.25. The fourth-order valence-corrected chi connectivity index (χ4v) is 3.47. The fraction of sp³-hybridized carbons (Fsp3) is 0.421. The Balaban J connectivity index is 1.49. The summed E-state index contributed by atoms with van der Waals surface area (Å²) in [7, 11) is 1.64. The summed E-state index contributed by atoms with van der Waals surface area (Å²) in [4.78, 5) is 23.7. The minimum Gasteiger partial charge on any atom is -0.454 e. The second-order valence-electron chi connectivity index (χ2n) is 6.52. The van der Waals surface area contributed by atoms with Gasteiger partial charge in [0.2, 0.25) is 6.79 Å². The van der Waals surface area contributed by atoms with Crippen molar-refractivity contribution in [1.29, 1.82) is 0 Å². The van der Waals surface area contributed by atoms with Crippen LogP contribution in [0, 0.1) is 5.92 Å². The summed E-state index contributed by atoms with van der Waals surface area (Å²) in [5.41, 5.74) is 1.51. The maximum absolute atomic E-state index is 13.0. The zero-order valence-corrected chi connectivity index (χ0v) is 14.7. The molecule has 4 rings (SSSR count). The van der Waals surface area contributed by atoms with E-state index in [2.05, 4.69) is 14.9 Å². The number of ketones is 1. The molecule has 2 aromatic rings. The molecule has 7 heteroatoms. The smallest absolute Gasteiger partial charge is 0.231 e. The molecule has 7 nitrogen and oxygen atoms in total. The number of anilines is 1. The van der Waals surface area contributed by atoms with E-state index in [0.717, 1.165) is 30.9 Å². The lowest BCUT2D eigenvalue weighted by Gasteiger charge is -2.33. The summed E-state index contributed by atoms with van der Waals surface area (Å²) in [6.45, 7) is 2.19. The van der Waals surface area contributed by atoms with Crippen LogP contribution in [0.15, 0.2) is 30.6 Å². The second kappa shape index (κ2) is 7.29. The van der Waals surface area contributed by atoms with Crippen molar-refractivity contribution >= 4 is 11.6 Å². The SMILES string of the molecule is COCc1cc(N2CCC[C@@H](C(=O)c3ccc4c(c3)OCO4)C2)ncn1. The van der Waals surface area contributed by atoms with Crippen LogP contribution in [0.25, 0.3) is 0 Å². The lowest BCUT2D eigenvalue weighted by atomic mass is 9.90. The first kappa shape index (κ1) is 16.8. The molecule has 0 unspecified atom stereocenters. The van der Waals surface area contributed by atoms with E-state index in [0.29, 0.717) is 30.2 Å². The lowest BCUT2D eigenvalue weighted by Crippen LogP contribution is -2.39. The van der Waals surface area contributed by atoms with Crippen LogP contribution in [0.4, 0.5) is 5.82 Å². The average molecular weight is 355 g/mol. The molecule has 136 valence electrons. The molecule has 1 saturated heterocycles. The van der Waals surface area contributed by atoms with Gasteiger partial charge in [-0.25, -0.2) is 9.97 Å². The van der Waals surface area contributed by atoms with Gasteiger partial charge in [0.15, 0.2) is 17.3 Å². The van der Waals surface area contributed by atoms with Crippen molar-refractivity contribution in [2.75, 3.05) is 31.9 Å². The van der Waals surface area contributed by atoms with Crippen LogP contribution in [-0.2, 0) is 11.3 Å². The fourth-order valence-electron chi connectivity index (χ4n) is 3.47. The number of rotatable bonds is 5. The highest BCUT2D eigenvalue weighted by molar-refractivity contribution is 5.99. The van der Waals surface area contributed by atoms with Gasteiger partial charge in [0.25, 0.3) is 0 Å². The number of fused-ring (bicyclic) bond motifs is 1. The first-order valence-corrected chi connectivity index (χ1v) is 8.73. The van der Waals surface area contributed by atoms with Crippen LogP contribution in [0.1, 0.15) is 28.9 Å². The van der Waals surface area contributed by atoms with Crippen LogP contribution in [0.3, 0.4) is 0 Å². The van der Waals surface area contributed by atoms with Gasteiger partial charge in [0.05, 0.1) is 12.3 Å². The number of carbonyl (C=O) groups is 1. The van der Waals surface area contributed by atoms with Gasteiger partial charge in [-0.15, -0.1) is 0 Å². The predicted molar refractivity (Wildman–Crippen MR) is 94.6 cm³/mol. The van der Waals surface area contributed by atoms with E-state index < -0.39 is 0 Å². The Morgan fingerprint density at radius 3 is 3.04 bits per heavy atom. The molecule has 0 radical (unpaired) electrons. The zero-order chi connectivity index (χ0) is 17.9. The van der Waals surface area contributed by atoms with E-state index >= 15 is 0 Å². The van der Waals surface area contributed by atoms with E-state index in [1.165, 1.54) is 0 Å². The summed E-state index contributed by atoms with van der Waals surface area (Å²) < 4.78 is 15.8. The van der Waals surface area contributed by atoms with Crippen molar-refractivity contribution in [2.45, 2.75) is 19.4 Å². The Kier molecular flexibility index (Phi) is 4.71. The Hall–Kier alpha value is -2.67. The third kappa shape index (κ3) is 3.35. The Morgan fingerprint density at radius 1 is 1.27 bits per heavy atom. The molecule has 0 saturated carbocycles. The van der Waals surface area contributed by atoms with Gasteiger partial charge in [-0.05, 0) is 31.0 Å². The molecule has 0 N–H and O–H groups in total. The number of Topliss-reactive ketones (excluding diaryl/α,β-unsaturated/α-hetero) is 1. The third-order valence-electron chi connectivity index (χ3n) is 4.77. The Labute approximate surface area is 151 Å². The van der Waals surface area contributed by atoms with Gasteiger partial charge in [-0.3, -0.25) is 4.79 Å². The molecule has 1 aromatic heterocycles. The Bertz CT molecular complexity index is 811. The van der Waals surface area contributed by atoms with Crippen molar-refractivity contribution in [3.05, 3.63) is 41.9 Å². The molecule has 3 heterocycles. The summed E-state index contributed by atoms with van der Waals surface area (Å²) in [6.07, 6.45) is 3.37. The summed E-state index contributed by atoms with van der Waals surface area (Å²) in [5, 5.41) is 0. The molecule has 1 aromatic carbocycles. The number of piperidine rings is 1. The summed E-state index contributed by atoms with van der Waals surface area (Å²) in [6, 6.07) is 7.33. The van der Waals surface area contributed by atoms with Crippen LogP contribution in [0.5, 0.6) is 11.5 Å². The average Bonchev–Trinajstić information content (AvgIpc) is 3.16. The number of hydrogen-bond donors (Lipinski definition) is 0. The maximum atomic E-state index is 13.0. The standard InChI is InChI=1S/C19H21N3O4/c1-24-10-15-8-18(21-11-20-15)22-6-2-3-14(9-22)19(23)13-4-5-16-17(7-13)26-12-25-16/h4-5,7-8,11,14H,2-3,6,9-10,12H2,1H3/t14-/m1/s1. The Morgan fingerprint density at radius 2 is 2.15 bits per heavy atom. The lowest BCUT2D eigenvalue weighted by molar-refractivity contribution is 0.0906. The molecule has 0 spiro atoms. The minimum atomic E-state index is -0.0649. The van der Waals surface area contributed by atoms with E-state index in [4.69, 9.17) is 14.2 Å². The molecular weight excluding hydrogens is 334 g/mol. The van der Waals surface area contributed by atoms with Gasteiger partial charge < -0.3 is 19.1 Å². The van der Waals surface area contributed by atoms with Crippen molar-refractivity contribution in [3.8, 4) is 11.5 Å². The molecular formula is C19H21N3O4. The quantitative estimate of drug-likeness (QED) is 0.763. The number of nitrogens with zero attached hydrogens (tertiary/aromatic N) is 3. The number of methoxy groups -OCH3 is 1.